The Labute approximate surface area is 117 Å². The Balaban J connectivity index is 1.81. The zero-order valence-electron chi connectivity index (χ0n) is 12.1. The maximum absolute atomic E-state index is 3.83. The molecule has 19 heavy (non-hydrogen) atoms. The van der Waals surface area contributed by atoms with Gasteiger partial charge in [-0.2, -0.15) is 0 Å². The summed E-state index contributed by atoms with van der Waals surface area (Å²) in [4.78, 5) is 2.63. The molecule has 1 aromatic rings. The number of hydrogen-bond donors (Lipinski definition) is 1. The predicted octanol–water partition coefficient (Wildman–Crippen LogP) is 3.36. The van der Waals surface area contributed by atoms with Crippen LogP contribution in [0.25, 0.3) is 0 Å². The summed E-state index contributed by atoms with van der Waals surface area (Å²) in [5.74, 6) is 0. The summed E-state index contributed by atoms with van der Waals surface area (Å²) in [6.07, 6.45) is 8.07. The van der Waals surface area contributed by atoms with Crippen molar-refractivity contribution < 1.29 is 0 Å². The molecule has 0 radical (unpaired) electrons. The van der Waals surface area contributed by atoms with Gasteiger partial charge in [-0.3, -0.25) is 0 Å². The van der Waals surface area contributed by atoms with Crippen molar-refractivity contribution >= 4 is 5.69 Å². The van der Waals surface area contributed by atoms with Crippen LogP contribution in [-0.4, -0.2) is 25.2 Å². The minimum atomic E-state index is 0.400. The molecule has 2 aliphatic rings. The molecule has 1 spiro atoms. The van der Waals surface area contributed by atoms with Crippen LogP contribution in [0.15, 0.2) is 24.3 Å². The molecule has 2 heteroatoms. The Morgan fingerprint density at radius 2 is 1.95 bits per heavy atom. The number of anilines is 1. The number of piperazine rings is 1. The fourth-order valence-electron chi connectivity index (χ4n) is 3.84. The Morgan fingerprint density at radius 3 is 2.74 bits per heavy atom. The van der Waals surface area contributed by atoms with Gasteiger partial charge in [-0.05, 0) is 30.9 Å². The number of aryl methyl sites for hydroxylation is 1. The average Bonchev–Trinajstić information content (AvgIpc) is 2.48. The van der Waals surface area contributed by atoms with Crippen molar-refractivity contribution in [3.8, 4) is 0 Å². The monoisotopic (exact) mass is 258 g/mol. The predicted molar refractivity (Wildman–Crippen MR) is 81.9 cm³/mol. The van der Waals surface area contributed by atoms with Gasteiger partial charge >= 0.3 is 0 Å². The second-order valence-electron chi connectivity index (χ2n) is 6.17. The summed E-state index contributed by atoms with van der Waals surface area (Å²) in [5.41, 5.74) is 3.36. The number of benzene rings is 1. The first-order chi connectivity index (χ1) is 9.33. The highest BCUT2D eigenvalue weighted by atomic mass is 15.2. The molecule has 1 aliphatic carbocycles. The minimum Gasteiger partial charge on any atom is -0.368 e. The number of nitrogens with one attached hydrogen (secondary N) is 1. The molecule has 1 N–H and O–H groups in total. The second kappa shape index (κ2) is 5.54. The third kappa shape index (κ3) is 2.64. The SMILES string of the molecule is CCc1ccccc1N1CCNC2(CCCCC2)C1. The standard InChI is InChI=1S/C17H26N2/c1-2-15-8-4-5-9-16(15)19-13-12-18-17(14-19)10-6-3-7-11-17/h4-5,8-9,18H,2-3,6-7,10-14H2,1H3. The van der Waals surface area contributed by atoms with Crippen LogP contribution in [-0.2, 0) is 6.42 Å². The summed E-state index contributed by atoms with van der Waals surface area (Å²) < 4.78 is 0. The van der Waals surface area contributed by atoms with Crippen molar-refractivity contribution in [1.29, 1.82) is 0 Å². The Hall–Kier alpha value is -1.02. The molecule has 2 fully saturated rings. The highest BCUT2D eigenvalue weighted by molar-refractivity contribution is 5.54. The van der Waals surface area contributed by atoms with Crippen molar-refractivity contribution in [2.75, 3.05) is 24.5 Å². The molecular weight excluding hydrogens is 232 g/mol. The fourth-order valence-corrected chi connectivity index (χ4v) is 3.84. The number of hydrogen-bond acceptors (Lipinski definition) is 2. The van der Waals surface area contributed by atoms with Crippen molar-refractivity contribution in [3.63, 3.8) is 0 Å². The van der Waals surface area contributed by atoms with E-state index in [9.17, 15) is 0 Å². The molecule has 2 nitrogen and oxygen atoms in total. The molecule has 104 valence electrons. The van der Waals surface area contributed by atoms with E-state index >= 15 is 0 Å². The van der Waals surface area contributed by atoms with Gasteiger partial charge in [0.15, 0.2) is 0 Å². The van der Waals surface area contributed by atoms with Crippen LogP contribution in [0.2, 0.25) is 0 Å². The van der Waals surface area contributed by atoms with Gasteiger partial charge in [0, 0.05) is 30.9 Å². The van der Waals surface area contributed by atoms with Crippen molar-refractivity contribution in [2.45, 2.75) is 51.0 Å². The average molecular weight is 258 g/mol. The zero-order valence-corrected chi connectivity index (χ0v) is 12.1. The lowest BCUT2D eigenvalue weighted by molar-refractivity contribution is 0.216. The van der Waals surface area contributed by atoms with Crippen LogP contribution >= 0.6 is 0 Å². The van der Waals surface area contributed by atoms with Gasteiger partial charge < -0.3 is 10.2 Å². The van der Waals surface area contributed by atoms with E-state index in [1.807, 2.05) is 0 Å². The van der Waals surface area contributed by atoms with Crippen LogP contribution < -0.4 is 10.2 Å². The number of rotatable bonds is 2. The summed E-state index contributed by atoms with van der Waals surface area (Å²) in [6.45, 7) is 5.75. The highest BCUT2D eigenvalue weighted by Gasteiger charge is 2.36. The maximum atomic E-state index is 3.83. The summed E-state index contributed by atoms with van der Waals surface area (Å²) in [7, 11) is 0. The Bertz CT molecular complexity index is 416. The van der Waals surface area contributed by atoms with E-state index in [1.54, 1.807) is 0 Å². The van der Waals surface area contributed by atoms with Crippen molar-refractivity contribution in [3.05, 3.63) is 29.8 Å². The first-order valence-corrected chi connectivity index (χ1v) is 7.91. The van der Waals surface area contributed by atoms with Gasteiger partial charge in [-0.1, -0.05) is 44.4 Å². The van der Waals surface area contributed by atoms with Crippen LogP contribution in [0.5, 0.6) is 0 Å². The second-order valence-corrected chi connectivity index (χ2v) is 6.17. The fraction of sp³-hybridized carbons (Fsp3) is 0.647. The Kier molecular flexibility index (Phi) is 3.79. The number of para-hydroxylation sites is 1. The number of nitrogens with zero attached hydrogens (tertiary/aromatic N) is 1. The molecule has 0 atom stereocenters. The molecule has 0 amide bonds. The van der Waals surface area contributed by atoms with E-state index in [0.29, 0.717) is 5.54 Å². The normalized spacial score (nSPS) is 22.7. The van der Waals surface area contributed by atoms with E-state index < -0.39 is 0 Å². The third-order valence-electron chi connectivity index (χ3n) is 4.90. The molecular formula is C17H26N2. The lowest BCUT2D eigenvalue weighted by Crippen LogP contribution is -2.61. The summed E-state index contributed by atoms with van der Waals surface area (Å²) in [5, 5.41) is 3.83. The quantitative estimate of drug-likeness (QED) is 0.875. The lowest BCUT2D eigenvalue weighted by atomic mass is 9.80. The topological polar surface area (TPSA) is 15.3 Å². The molecule has 0 aromatic heterocycles. The lowest BCUT2D eigenvalue weighted by Gasteiger charge is -2.47. The van der Waals surface area contributed by atoms with Crippen LogP contribution in [0.1, 0.15) is 44.6 Å². The van der Waals surface area contributed by atoms with E-state index in [-0.39, 0.29) is 0 Å². The molecule has 1 aromatic carbocycles. The molecule has 1 saturated heterocycles. The van der Waals surface area contributed by atoms with Gasteiger partial charge in [0.05, 0.1) is 0 Å². The smallest absolute Gasteiger partial charge is 0.0399 e. The van der Waals surface area contributed by atoms with Crippen molar-refractivity contribution in [1.82, 2.24) is 5.32 Å². The molecule has 0 unspecified atom stereocenters. The third-order valence-corrected chi connectivity index (χ3v) is 4.90. The molecule has 0 bridgehead atoms. The van der Waals surface area contributed by atoms with Crippen LogP contribution in [0.4, 0.5) is 5.69 Å². The zero-order chi connectivity index (χ0) is 13.1. The first-order valence-electron chi connectivity index (χ1n) is 7.91. The molecule has 1 saturated carbocycles. The van der Waals surface area contributed by atoms with E-state index in [0.717, 1.165) is 19.5 Å². The molecule has 1 aliphatic heterocycles. The Morgan fingerprint density at radius 1 is 1.16 bits per heavy atom. The molecule has 1 heterocycles. The van der Waals surface area contributed by atoms with Gasteiger partial charge in [0.2, 0.25) is 0 Å². The van der Waals surface area contributed by atoms with Crippen LogP contribution in [0.3, 0.4) is 0 Å². The van der Waals surface area contributed by atoms with E-state index in [1.165, 1.54) is 49.9 Å². The minimum absolute atomic E-state index is 0.400. The summed E-state index contributed by atoms with van der Waals surface area (Å²) >= 11 is 0. The van der Waals surface area contributed by atoms with Crippen LogP contribution in [0, 0.1) is 0 Å². The largest absolute Gasteiger partial charge is 0.368 e. The van der Waals surface area contributed by atoms with Gasteiger partial charge in [-0.25, -0.2) is 0 Å². The maximum Gasteiger partial charge on any atom is 0.0399 e. The highest BCUT2D eigenvalue weighted by Crippen LogP contribution is 2.33. The van der Waals surface area contributed by atoms with Gasteiger partial charge in [-0.15, -0.1) is 0 Å². The first kappa shape index (κ1) is 13.0. The molecule has 3 rings (SSSR count). The van der Waals surface area contributed by atoms with Gasteiger partial charge in [0.1, 0.15) is 0 Å². The van der Waals surface area contributed by atoms with Crippen molar-refractivity contribution in [2.24, 2.45) is 0 Å². The van der Waals surface area contributed by atoms with E-state index in [2.05, 4.69) is 41.4 Å². The summed E-state index contributed by atoms with van der Waals surface area (Å²) in [6, 6.07) is 8.94. The van der Waals surface area contributed by atoms with E-state index in [4.69, 9.17) is 0 Å². The van der Waals surface area contributed by atoms with Gasteiger partial charge in [0.25, 0.3) is 0 Å².